The van der Waals surface area contributed by atoms with Crippen LogP contribution in [0.3, 0.4) is 0 Å². The summed E-state index contributed by atoms with van der Waals surface area (Å²) < 4.78 is 23.2. The van der Waals surface area contributed by atoms with E-state index < -0.39 is 13.3 Å². The van der Waals surface area contributed by atoms with Crippen molar-refractivity contribution in [2.24, 2.45) is 0 Å². The predicted octanol–water partition coefficient (Wildman–Crippen LogP) is 1.72. The van der Waals surface area contributed by atoms with Crippen LogP contribution in [-0.2, 0) is 4.57 Å². The monoisotopic (exact) mass is 136 g/mol. The largest absolute Gasteiger partial charge is 0.324 e. The van der Waals surface area contributed by atoms with E-state index in [1.54, 1.807) is 6.66 Å². The highest BCUT2D eigenvalue weighted by atomic mass is 31.2. The smallest absolute Gasteiger partial charge is 0.107 e. The molecule has 48 valence electrons. The second-order valence-electron chi connectivity index (χ2n) is 2.59. The molecule has 1 aliphatic heterocycles. The summed E-state index contributed by atoms with van der Waals surface area (Å²) in [6.07, 6.45) is 0.695. The summed E-state index contributed by atoms with van der Waals surface area (Å²) in [6.45, 7) is 1.69. The van der Waals surface area contributed by atoms with Gasteiger partial charge in [-0.05, 0) is 13.1 Å². The van der Waals surface area contributed by atoms with Crippen molar-refractivity contribution in [3.05, 3.63) is 0 Å². The van der Waals surface area contributed by atoms with Gasteiger partial charge in [0.15, 0.2) is 0 Å². The van der Waals surface area contributed by atoms with Gasteiger partial charge in [0, 0.05) is 12.3 Å². The fourth-order valence-corrected chi connectivity index (χ4v) is 3.04. The third-order valence-electron chi connectivity index (χ3n) is 1.50. The SMILES string of the molecule is CP1(=O)CCC(F)C1. The average Bonchev–Trinajstić information content (AvgIpc) is 1.82. The maximum Gasteiger partial charge on any atom is 0.107 e. The molecule has 1 saturated heterocycles. The maximum absolute atomic E-state index is 12.2. The summed E-state index contributed by atoms with van der Waals surface area (Å²) in [4.78, 5) is 0. The molecule has 1 rings (SSSR count). The van der Waals surface area contributed by atoms with Crippen LogP contribution in [0.5, 0.6) is 0 Å². The van der Waals surface area contributed by atoms with Crippen molar-refractivity contribution in [2.45, 2.75) is 12.6 Å². The minimum atomic E-state index is -1.97. The van der Waals surface area contributed by atoms with Crippen molar-refractivity contribution in [1.82, 2.24) is 0 Å². The molecule has 0 radical (unpaired) electrons. The molecule has 0 aromatic rings. The molecule has 0 saturated carbocycles. The van der Waals surface area contributed by atoms with Gasteiger partial charge in [-0.25, -0.2) is 4.39 Å². The predicted molar refractivity (Wildman–Crippen MR) is 32.8 cm³/mol. The van der Waals surface area contributed by atoms with Gasteiger partial charge in [-0.2, -0.15) is 0 Å². The van der Waals surface area contributed by atoms with Crippen LogP contribution in [0.2, 0.25) is 0 Å². The zero-order chi connectivity index (χ0) is 6.20. The van der Waals surface area contributed by atoms with Gasteiger partial charge in [0.2, 0.25) is 0 Å². The average molecular weight is 136 g/mol. The van der Waals surface area contributed by atoms with Gasteiger partial charge in [0.05, 0.1) is 7.14 Å². The third kappa shape index (κ3) is 1.32. The number of halogens is 1. The van der Waals surface area contributed by atoms with Crippen LogP contribution in [-0.4, -0.2) is 25.2 Å². The Morgan fingerprint density at radius 3 is 2.50 bits per heavy atom. The van der Waals surface area contributed by atoms with Crippen LogP contribution >= 0.6 is 7.14 Å². The van der Waals surface area contributed by atoms with E-state index in [4.69, 9.17) is 0 Å². The van der Waals surface area contributed by atoms with E-state index in [9.17, 15) is 8.96 Å². The van der Waals surface area contributed by atoms with Crippen LogP contribution in [0.15, 0.2) is 0 Å². The molecule has 8 heavy (non-hydrogen) atoms. The van der Waals surface area contributed by atoms with Crippen LogP contribution in [0.25, 0.3) is 0 Å². The Morgan fingerprint density at radius 2 is 2.38 bits per heavy atom. The van der Waals surface area contributed by atoms with Crippen molar-refractivity contribution < 1.29 is 8.96 Å². The number of rotatable bonds is 0. The first kappa shape index (κ1) is 6.28. The molecule has 1 nitrogen and oxygen atoms in total. The van der Waals surface area contributed by atoms with E-state index in [0.717, 1.165) is 0 Å². The fraction of sp³-hybridized carbons (Fsp3) is 1.00. The Balaban J connectivity index is 2.57. The Bertz CT molecular complexity index is 134. The molecular weight excluding hydrogens is 126 g/mol. The quantitative estimate of drug-likeness (QED) is 0.463. The first-order valence-electron chi connectivity index (χ1n) is 2.80. The molecule has 0 aliphatic carbocycles. The van der Waals surface area contributed by atoms with Crippen molar-refractivity contribution >= 4 is 7.14 Å². The Morgan fingerprint density at radius 1 is 1.75 bits per heavy atom. The minimum Gasteiger partial charge on any atom is -0.324 e. The standard InChI is InChI=1S/C5H10FOP/c1-8(7)3-2-5(6)4-8/h5H,2-4H2,1H3. The number of alkyl halides is 1. The topological polar surface area (TPSA) is 17.1 Å². The van der Waals surface area contributed by atoms with Crippen LogP contribution in [0.4, 0.5) is 4.39 Å². The zero-order valence-electron chi connectivity index (χ0n) is 4.93. The molecular formula is C5H10FOP. The van der Waals surface area contributed by atoms with Crippen molar-refractivity contribution in [3.8, 4) is 0 Å². The lowest BCUT2D eigenvalue weighted by Gasteiger charge is -1.97. The van der Waals surface area contributed by atoms with Crippen molar-refractivity contribution in [2.75, 3.05) is 19.0 Å². The molecule has 0 N–H and O–H groups in total. The summed E-state index contributed by atoms with van der Waals surface area (Å²) in [5.41, 5.74) is 0. The molecule has 0 amide bonds. The summed E-state index contributed by atoms with van der Waals surface area (Å²) >= 11 is 0. The first-order chi connectivity index (χ1) is 3.60. The lowest BCUT2D eigenvalue weighted by atomic mass is 10.4. The molecule has 0 spiro atoms. The van der Waals surface area contributed by atoms with Gasteiger partial charge in [0.1, 0.15) is 6.17 Å². The van der Waals surface area contributed by atoms with E-state index in [1.165, 1.54) is 0 Å². The molecule has 1 heterocycles. The lowest BCUT2D eigenvalue weighted by Crippen LogP contribution is -1.94. The Hall–Kier alpha value is 0.160. The third-order valence-corrected chi connectivity index (χ3v) is 3.87. The molecule has 2 atom stereocenters. The second kappa shape index (κ2) is 1.84. The number of hydrogen-bond acceptors (Lipinski definition) is 1. The molecule has 1 aliphatic rings. The van der Waals surface area contributed by atoms with Crippen LogP contribution in [0.1, 0.15) is 6.42 Å². The van der Waals surface area contributed by atoms with E-state index >= 15 is 0 Å². The van der Waals surface area contributed by atoms with E-state index in [0.29, 0.717) is 18.7 Å². The summed E-state index contributed by atoms with van der Waals surface area (Å²) in [5, 5.41) is 0. The van der Waals surface area contributed by atoms with Gasteiger partial charge in [-0.3, -0.25) is 0 Å². The van der Waals surface area contributed by atoms with Gasteiger partial charge >= 0.3 is 0 Å². The molecule has 0 bridgehead atoms. The summed E-state index contributed by atoms with van der Waals surface area (Å²) in [7, 11) is -1.97. The molecule has 2 unspecified atom stereocenters. The molecule has 3 heteroatoms. The zero-order valence-corrected chi connectivity index (χ0v) is 5.83. The van der Waals surface area contributed by atoms with Gasteiger partial charge in [-0.15, -0.1) is 0 Å². The second-order valence-corrected chi connectivity index (χ2v) is 6.00. The van der Waals surface area contributed by atoms with E-state index in [1.807, 2.05) is 0 Å². The molecule has 0 aromatic heterocycles. The molecule has 1 fully saturated rings. The lowest BCUT2D eigenvalue weighted by molar-refractivity contribution is 0.369. The minimum absolute atomic E-state index is 0.326. The van der Waals surface area contributed by atoms with Gasteiger partial charge in [0.25, 0.3) is 0 Å². The normalized spacial score (nSPS) is 47.5. The van der Waals surface area contributed by atoms with Gasteiger partial charge < -0.3 is 4.57 Å². The fourth-order valence-electron chi connectivity index (χ4n) is 1.01. The Labute approximate surface area is 48.6 Å². The van der Waals surface area contributed by atoms with Gasteiger partial charge in [-0.1, -0.05) is 0 Å². The summed E-state index contributed by atoms with van der Waals surface area (Å²) in [5.74, 6) is 0. The number of hydrogen-bond donors (Lipinski definition) is 0. The maximum atomic E-state index is 12.2. The van der Waals surface area contributed by atoms with E-state index in [-0.39, 0.29) is 0 Å². The highest BCUT2D eigenvalue weighted by Gasteiger charge is 2.29. The molecule has 0 aromatic carbocycles. The van der Waals surface area contributed by atoms with Crippen LogP contribution < -0.4 is 0 Å². The van der Waals surface area contributed by atoms with Crippen molar-refractivity contribution in [1.29, 1.82) is 0 Å². The summed E-state index contributed by atoms with van der Waals surface area (Å²) in [6, 6.07) is 0. The first-order valence-corrected chi connectivity index (χ1v) is 5.32. The van der Waals surface area contributed by atoms with Crippen molar-refractivity contribution in [3.63, 3.8) is 0 Å². The highest BCUT2D eigenvalue weighted by Crippen LogP contribution is 2.48. The highest BCUT2D eigenvalue weighted by molar-refractivity contribution is 7.63. The Kier molecular flexibility index (Phi) is 1.44. The van der Waals surface area contributed by atoms with Crippen LogP contribution in [0, 0.1) is 0 Å². The van der Waals surface area contributed by atoms with E-state index in [2.05, 4.69) is 0 Å².